The molecule has 2 rings (SSSR count). The van der Waals surface area contributed by atoms with E-state index in [1.807, 2.05) is 11.6 Å². The van der Waals surface area contributed by atoms with E-state index in [4.69, 9.17) is 0 Å². The van der Waals surface area contributed by atoms with E-state index in [1.54, 1.807) is 10.9 Å². The molecular weight excluding hydrogens is 400 g/mol. The van der Waals surface area contributed by atoms with Crippen molar-refractivity contribution >= 4 is 16.9 Å². The van der Waals surface area contributed by atoms with Crippen molar-refractivity contribution in [1.29, 1.82) is 0 Å². The van der Waals surface area contributed by atoms with Crippen LogP contribution < -0.4 is 5.56 Å². The molecule has 0 amide bonds. The number of hydrogen-bond acceptors (Lipinski definition) is 4. The number of fused-ring (bicyclic) bond motifs is 1. The van der Waals surface area contributed by atoms with E-state index in [0.717, 1.165) is 25.7 Å². The zero-order valence-electron chi connectivity index (χ0n) is 20.5. The van der Waals surface area contributed by atoms with Crippen LogP contribution in [-0.2, 0) is 18.4 Å². The van der Waals surface area contributed by atoms with E-state index >= 15 is 0 Å². The monoisotopic (exact) mass is 438 g/mol. The summed E-state index contributed by atoms with van der Waals surface area (Å²) in [7, 11) is 1.84. The normalized spacial score (nSPS) is 13.4. The van der Waals surface area contributed by atoms with Gasteiger partial charge in [-0.25, -0.2) is 4.98 Å². The van der Waals surface area contributed by atoms with Crippen LogP contribution in [0.5, 0.6) is 0 Å². The van der Waals surface area contributed by atoms with Crippen LogP contribution in [0.1, 0.15) is 73.1 Å². The van der Waals surface area contributed by atoms with Gasteiger partial charge in [0.05, 0.1) is 6.33 Å². The van der Waals surface area contributed by atoms with Crippen molar-refractivity contribution in [3.8, 4) is 0 Å². The van der Waals surface area contributed by atoms with Gasteiger partial charge in [0.2, 0.25) is 0 Å². The first-order valence-electron chi connectivity index (χ1n) is 11.5. The molecule has 0 aliphatic carbocycles. The molecule has 0 radical (unpaired) electrons. The van der Waals surface area contributed by atoms with Gasteiger partial charge in [0.1, 0.15) is 12.1 Å². The Kier molecular flexibility index (Phi) is 9.82. The Hall–Kier alpha value is -2.76. The van der Waals surface area contributed by atoms with Crippen LogP contribution >= 0.6 is 0 Å². The quantitative estimate of drug-likeness (QED) is 0.408. The summed E-state index contributed by atoms with van der Waals surface area (Å²) in [5.74, 6) is 0.769. The molecule has 6 heteroatoms. The zero-order chi connectivity index (χ0) is 23.7. The molecule has 2 aromatic rings. The fourth-order valence-corrected chi connectivity index (χ4v) is 3.70. The molecule has 0 saturated carbocycles. The number of nitrogens with zero attached hydrogens (tertiary/aromatic N) is 4. The number of rotatable bonds is 12. The fourth-order valence-electron chi connectivity index (χ4n) is 3.70. The molecule has 2 aromatic heterocycles. The third kappa shape index (κ3) is 8.06. The van der Waals surface area contributed by atoms with Crippen molar-refractivity contribution in [2.75, 3.05) is 0 Å². The summed E-state index contributed by atoms with van der Waals surface area (Å²) in [6.45, 7) is 11.1. The molecule has 0 unspecified atom stereocenters. The topological polar surface area (TPSA) is 69.8 Å². The summed E-state index contributed by atoms with van der Waals surface area (Å²) >= 11 is 0. The SMILES string of the molecule is C/C(=C/CC/C(C)=C/CC/C(C)=C/Cn1cnc2c1c(=O)ncn2C)CC(=O)CC(C)C. The zero-order valence-corrected chi connectivity index (χ0v) is 20.5. The lowest BCUT2D eigenvalue weighted by Crippen LogP contribution is -2.13. The maximum Gasteiger partial charge on any atom is 0.298 e. The largest absolute Gasteiger partial charge is 0.321 e. The van der Waals surface area contributed by atoms with Crippen LogP contribution in [0.25, 0.3) is 11.2 Å². The first kappa shape index (κ1) is 25.5. The lowest BCUT2D eigenvalue weighted by Gasteiger charge is -2.05. The molecule has 0 spiro atoms. The molecule has 2 heterocycles. The van der Waals surface area contributed by atoms with Gasteiger partial charge in [-0.05, 0) is 52.4 Å². The molecule has 0 saturated heterocycles. The van der Waals surface area contributed by atoms with Crippen molar-refractivity contribution < 1.29 is 4.79 Å². The summed E-state index contributed by atoms with van der Waals surface area (Å²) in [5.41, 5.74) is 4.81. The molecule has 0 aromatic carbocycles. The highest BCUT2D eigenvalue weighted by molar-refractivity contribution is 5.80. The number of hydrogen-bond donors (Lipinski definition) is 0. The highest BCUT2D eigenvalue weighted by atomic mass is 16.1. The van der Waals surface area contributed by atoms with E-state index < -0.39 is 0 Å². The molecule has 0 aliphatic heterocycles. The second-order valence-corrected chi connectivity index (χ2v) is 9.27. The van der Waals surface area contributed by atoms with Crippen LogP contribution in [0.4, 0.5) is 0 Å². The minimum absolute atomic E-state index is 0.242. The Morgan fingerprint density at radius 2 is 1.59 bits per heavy atom. The van der Waals surface area contributed by atoms with Crippen LogP contribution in [-0.4, -0.2) is 24.9 Å². The highest BCUT2D eigenvalue weighted by Gasteiger charge is 2.08. The number of carbonyl (C=O) groups excluding carboxylic acids is 1. The number of imidazole rings is 1. The van der Waals surface area contributed by atoms with Gasteiger partial charge in [0.25, 0.3) is 5.56 Å². The number of aryl methyl sites for hydroxylation is 1. The van der Waals surface area contributed by atoms with Crippen LogP contribution in [0.15, 0.2) is 52.4 Å². The number of allylic oxidation sites excluding steroid dienone is 6. The van der Waals surface area contributed by atoms with Gasteiger partial charge in [-0.3, -0.25) is 9.59 Å². The van der Waals surface area contributed by atoms with Crippen molar-refractivity contribution in [1.82, 2.24) is 19.1 Å². The van der Waals surface area contributed by atoms with Gasteiger partial charge >= 0.3 is 0 Å². The summed E-state index contributed by atoms with van der Waals surface area (Å²) in [5, 5.41) is 0. The van der Waals surface area contributed by atoms with E-state index in [1.165, 1.54) is 23.0 Å². The van der Waals surface area contributed by atoms with Gasteiger partial charge in [-0.15, -0.1) is 0 Å². The molecular formula is C26H38N4O2. The first-order valence-corrected chi connectivity index (χ1v) is 11.5. The predicted octanol–water partition coefficient (Wildman–Crippen LogP) is 5.53. The molecule has 0 N–H and O–H groups in total. The smallest absolute Gasteiger partial charge is 0.298 e. The second kappa shape index (κ2) is 12.3. The van der Waals surface area contributed by atoms with E-state index in [2.05, 4.69) is 62.8 Å². The number of ketones is 1. The summed E-state index contributed by atoms with van der Waals surface area (Å²) in [4.78, 5) is 32.2. The Labute approximate surface area is 191 Å². The average molecular weight is 439 g/mol. The molecule has 0 fully saturated rings. The molecule has 6 nitrogen and oxygen atoms in total. The molecule has 0 atom stereocenters. The van der Waals surface area contributed by atoms with Crippen molar-refractivity contribution in [3.63, 3.8) is 0 Å². The van der Waals surface area contributed by atoms with Crippen molar-refractivity contribution in [3.05, 3.63) is 58.0 Å². The molecule has 0 aliphatic rings. The highest BCUT2D eigenvalue weighted by Crippen LogP contribution is 2.14. The van der Waals surface area contributed by atoms with Crippen LogP contribution in [0, 0.1) is 5.92 Å². The van der Waals surface area contributed by atoms with Gasteiger partial charge in [-0.1, -0.05) is 48.8 Å². The first-order chi connectivity index (χ1) is 15.2. The maximum atomic E-state index is 12.1. The Bertz CT molecular complexity index is 1070. The lowest BCUT2D eigenvalue weighted by atomic mass is 10.0. The summed E-state index contributed by atoms with van der Waals surface area (Å²) in [6, 6.07) is 0. The van der Waals surface area contributed by atoms with Crippen LogP contribution in [0.2, 0.25) is 0 Å². The van der Waals surface area contributed by atoms with E-state index in [9.17, 15) is 9.59 Å². The minimum Gasteiger partial charge on any atom is -0.321 e. The standard InChI is InChI=1S/C26H38N4O2/c1-19(2)15-23(31)16-22(5)12-8-10-20(3)9-7-11-21(4)13-14-30-18-27-25-24(30)26(32)28-17-29(25)6/h9,12-13,17-19H,7-8,10-11,14-16H2,1-6H3/b20-9+,21-13+,22-12-. The van der Waals surface area contributed by atoms with Crippen LogP contribution in [0.3, 0.4) is 0 Å². The van der Waals surface area contributed by atoms with E-state index in [-0.39, 0.29) is 5.56 Å². The summed E-state index contributed by atoms with van der Waals surface area (Å²) < 4.78 is 3.62. The molecule has 32 heavy (non-hydrogen) atoms. The van der Waals surface area contributed by atoms with Crippen molar-refractivity contribution in [2.45, 2.75) is 79.7 Å². The molecule has 0 bridgehead atoms. The Morgan fingerprint density at radius 1 is 0.969 bits per heavy atom. The third-order valence-electron chi connectivity index (χ3n) is 5.51. The van der Waals surface area contributed by atoms with E-state index in [0.29, 0.717) is 42.3 Å². The van der Waals surface area contributed by atoms with Gasteiger partial charge in [0.15, 0.2) is 11.2 Å². The third-order valence-corrected chi connectivity index (χ3v) is 5.51. The van der Waals surface area contributed by atoms with Gasteiger partial charge in [-0.2, -0.15) is 4.98 Å². The van der Waals surface area contributed by atoms with Crippen molar-refractivity contribution in [2.24, 2.45) is 13.0 Å². The maximum absolute atomic E-state index is 12.1. The lowest BCUT2D eigenvalue weighted by molar-refractivity contribution is -0.119. The second-order valence-electron chi connectivity index (χ2n) is 9.27. The average Bonchev–Trinajstić information content (AvgIpc) is 3.14. The fraction of sp³-hybridized carbons (Fsp3) is 0.538. The summed E-state index contributed by atoms with van der Waals surface area (Å²) in [6.07, 6.45) is 15.1. The Balaban J connectivity index is 1.79. The predicted molar refractivity (Wildman–Crippen MR) is 132 cm³/mol. The Morgan fingerprint density at radius 3 is 2.25 bits per heavy atom. The van der Waals surface area contributed by atoms with Gasteiger partial charge in [0, 0.05) is 26.4 Å². The number of aromatic nitrogens is 4. The number of carbonyl (C=O) groups is 1. The minimum atomic E-state index is -0.242. The number of Topliss-reactive ketones (excluding diaryl/α,β-unsaturated/α-hetero) is 1. The molecule has 174 valence electrons. The van der Waals surface area contributed by atoms with Gasteiger partial charge < -0.3 is 9.13 Å².